The van der Waals surface area contributed by atoms with Crippen molar-refractivity contribution >= 4 is 0 Å². The summed E-state index contributed by atoms with van der Waals surface area (Å²) in [6, 6.07) is 8.35. The van der Waals surface area contributed by atoms with Crippen LogP contribution in [0.3, 0.4) is 0 Å². The van der Waals surface area contributed by atoms with Crippen LogP contribution in [0.4, 0.5) is 0 Å². The number of hydrogen-bond acceptors (Lipinski definition) is 4. The van der Waals surface area contributed by atoms with E-state index in [1.807, 2.05) is 32.3 Å². The predicted octanol–water partition coefficient (Wildman–Crippen LogP) is 2.42. The van der Waals surface area contributed by atoms with E-state index >= 15 is 0 Å². The minimum absolute atomic E-state index is 0.228. The minimum atomic E-state index is -0.942. The maximum atomic E-state index is 10.6. The maximum absolute atomic E-state index is 10.6. The Morgan fingerprint density at radius 2 is 1.96 bits per heavy atom. The van der Waals surface area contributed by atoms with Gasteiger partial charge in [-0.1, -0.05) is 19.1 Å². The lowest BCUT2D eigenvalue weighted by atomic mass is 9.93. The van der Waals surface area contributed by atoms with Crippen molar-refractivity contribution in [2.45, 2.75) is 38.3 Å². The van der Waals surface area contributed by atoms with E-state index in [2.05, 4.69) is 36.4 Å². The summed E-state index contributed by atoms with van der Waals surface area (Å²) in [4.78, 5) is 0. The Balaban J connectivity index is 1.96. The highest BCUT2D eigenvalue weighted by Crippen LogP contribution is 2.23. The number of methoxy groups -OCH3 is 1. The van der Waals surface area contributed by atoms with Gasteiger partial charge in [0.1, 0.15) is 11.4 Å². The molecule has 1 heterocycles. The molecule has 1 aromatic carbocycles. The zero-order valence-electron chi connectivity index (χ0n) is 14.6. The van der Waals surface area contributed by atoms with Gasteiger partial charge in [-0.05, 0) is 37.5 Å². The van der Waals surface area contributed by atoms with Crippen LogP contribution in [0.15, 0.2) is 36.7 Å². The number of aromatic nitrogens is 2. The van der Waals surface area contributed by atoms with E-state index in [0.29, 0.717) is 12.5 Å². The van der Waals surface area contributed by atoms with E-state index in [0.717, 1.165) is 11.3 Å². The quantitative estimate of drug-likeness (QED) is 0.823. The van der Waals surface area contributed by atoms with Gasteiger partial charge in [-0.3, -0.25) is 4.68 Å². The van der Waals surface area contributed by atoms with Gasteiger partial charge in [0, 0.05) is 31.4 Å². The number of hydrogen-bond donors (Lipinski definition) is 2. The van der Waals surface area contributed by atoms with E-state index in [9.17, 15) is 5.11 Å². The third kappa shape index (κ3) is 4.33. The topological polar surface area (TPSA) is 59.3 Å². The van der Waals surface area contributed by atoms with Gasteiger partial charge in [0.2, 0.25) is 0 Å². The lowest BCUT2D eigenvalue weighted by Gasteiger charge is -2.28. The lowest BCUT2D eigenvalue weighted by Crippen LogP contribution is -2.41. The number of rotatable bonds is 7. The number of benzene rings is 1. The summed E-state index contributed by atoms with van der Waals surface area (Å²) in [5.41, 5.74) is 1.12. The molecule has 3 atom stereocenters. The Hall–Kier alpha value is -1.85. The van der Waals surface area contributed by atoms with Crippen molar-refractivity contribution in [3.63, 3.8) is 0 Å². The molecule has 0 radical (unpaired) electrons. The average Bonchev–Trinajstić information content (AvgIpc) is 2.99. The molecule has 126 valence electrons. The number of ether oxygens (including phenoxy) is 1. The molecular weight excluding hydrogens is 290 g/mol. The standard InChI is InChI=1S/C18H27N3O2/c1-13(15-6-8-17(23-5)9-7-15)14(2)19-12-18(3,22)16-10-20-21(4)11-16/h6-11,13-14,19,22H,12H2,1-5H3/t13-,14-,18+/m1/s1. The molecule has 0 spiro atoms. The van der Waals surface area contributed by atoms with Gasteiger partial charge in [-0.25, -0.2) is 0 Å². The summed E-state index contributed by atoms with van der Waals surface area (Å²) >= 11 is 0. The summed E-state index contributed by atoms with van der Waals surface area (Å²) in [5, 5.41) is 18.2. The fraction of sp³-hybridized carbons (Fsp3) is 0.500. The molecule has 0 aliphatic rings. The first-order chi connectivity index (χ1) is 10.8. The summed E-state index contributed by atoms with van der Waals surface area (Å²) in [6.45, 7) is 6.59. The van der Waals surface area contributed by atoms with Gasteiger partial charge in [-0.15, -0.1) is 0 Å². The lowest BCUT2D eigenvalue weighted by molar-refractivity contribution is 0.0535. The third-order valence-electron chi connectivity index (χ3n) is 4.49. The molecule has 2 N–H and O–H groups in total. The van der Waals surface area contributed by atoms with Gasteiger partial charge >= 0.3 is 0 Å². The molecule has 2 rings (SSSR count). The fourth-order valence-electron chi connectivity index (χ4n) is 2.53. The number of aliphatic hydroxyl groups is 1. The second-order valence-corrected chi connectivity index (χ2v) is 6.41. The van der Waals surface area contributed by atoms with Crippen molar-refractivity contribution in [1.82, 2.24) is 15.1 Å². The molecule has 0 aliphatic carbocycles. The van der Waals surface area contributed by atoms with Gasteiger partial charge in [-0.2, -0.15) is 5.10 Å². The molecule has 5 heteroatoms. The molecule has 5 nitrogen and oxygen atoms in total. The van der Waals surface area contributed by atoms with Crippen LogP contribution in [0, 0.1) is 0 Å². The molecule has 0 amide bonds. The molecular formula is C18H27N3O2. The Labute approximate surface area is 138 Å². The van der Waals surface area contributed by atoms with Crippen molar-refractivity contribution in [3.05, 3.63) is 47.8 Å². The molecule has 0 saturated heterocycles. The van der Waals surface area contributed by atoms with Crippen LogP contribution < -0.4 is 10.1 Å². The van der Waals surface area contributed by atoms with Crippen molar-refractivity contribution in [2.24, 2.45) is 7.05 Å². The molecule has 1 aromatic heterocycles. The smallest absolute Gasteiger partial charge is 0.118 e. The summed E-state index contributed by atoms with van der Waals surface area (Å²) in [6.07, 6.45) is 3.55. The average molecular weight is 317 g/mol. The molecule has 2 aromatic rings. The monoisotopic (exact) mass is 317 g/mol. The molecule has 23 heavy (non-hydrogen) atoms. The summed E-state index contributed by atoms with van der Waals surface area (Å²) < 4.78 is 6.90. The SMILES string of the molecule is COc1ccc([C@H](C)[C@@H](C)NC[C@](C)(O)c2cnn(C)c2)cc1. The summed E-state index contributed by atoms with van der Waals surface area (Å²) in [5.74, 6) is 1.19. The second-order valence-electron chi connectivity index (χ2n) is 6.41. The molecule has 0 saturated carbocycles. The number of nitrogens with zero attached hydrogens (tertiary/aromatic N) is 2. The van der Waals surface area contributed by atoms with Gasteiger partial charge in [0.25, 0.3) is 0 Å². The first-order valence-electron chi connectivity index (χ1n) is 7.92. The molecule has 0 fully saturated rings. The Kier molecular flexibility index (Phi) is 5.44. The van der Waals surface area contributed by atoms with Gasteiger partial charge < -0.3 is 15.2 Å². The van der Waals surface area contributed by atoms with E-state index in [1.54, 1.807) is 18.0 Å². The van der Waals surface area contributed by atoms with Gasteiger partial charge in [0.05, 0.1) is 13.3 Å². The minimum Gasteiger partial charge on any atom is -0.497 e. The van der Waals surface area contributed by atoms with Crippen molar-refractivity contribution in [2.75, 3.05) is 13.7 Å². The van der Waals surface area contributed by atoms with E-state index in [1.165, 1.54) is 5.56 Å². The Bertz CT molecular complexity index is 619. The zero-order chi connectivity index (χ0) is 17.0. The molecule has 0 bridgehead atoms. The first-order valence-corrected chi connectivity index (χ1v) is 7.92. The van der Waals surface area contributed by atoms with E-state index < -0.39 is 5.60 Å². The van der Waals surface area contributed by atoms with Crippen molar-refractivity contribution in [1.29, 1.82) is 0 Å². The highest BCUT2D eigenvalue weighted by Gasteiger charge is 2.26. The van der Waals surface area contributed by atoms with Gasteiger partial charge in [0.15, 0.2) is 0 Å². The largest absolute Gasteiger partial charge is 0.497 e. The third-order valence-corrected chi connectivity index (χ3v) is 4.49. The molecule has 0 unspecified atom stereocenters. The number of nitrogens with one attached hydrogen (secondary N) is 1. The van der Waals surface area contributed by atoms with Crippen LogP contribution in [0.1, 0.15) is 37.8 Å². The second kappa shape index (κ2) is 7.15. The zero-order valence-corrected chi connectivity index (χ0v) is 14.6. The summed E-state index contributed by atoms with van der Waals surface area (Å²) in [7, 11) is 3.52. The normalized spacial score (nSPS) is 16.6. The Morgan fingerprint density at radius 1 is 1.30 bits per heavy atom. The van der Waals surface area contributed by atoms with Crippen LogP contribution in [-0.2, 0) is 12.6 Å². The van der Waals surface area contributed by atoms with E-state index in [-0.39, 0.29) is 6.04 Å². The van der Waals surface area contributed by atoms with Crippen LogP contribution in [0.2, 0.25) is 0 Å². The first kappa shape index (κ1) is 17.5. The predicted molar refractivity (Wildman–Crippen MR) is 91.7 cm³/mol. The number of aryl methyl sites for hydroxylation is 1. The molecule has 0 aliphatic heterocycles. The van der Waals surface area contributed by atoms with Crippen molar-refractivity contribution < 1.29 is 9.84 Å². The Morgan fingerprint density at radius 3 is 2.48 bits per heavy atom. The highest BCUT2D eigenvalue weighted by atomic mass is 16.5. The van der Waals surface area contributed by atoms with Crippen LogP contribution in [-0.4, -0.2) is 34.6 Å². The van der Waals surface area contributed by atoms with Crippen LogP contribution in [0.25, 0.3) is 0 Å². The van der Waals surface area contributed by atoms with Crippen LogP contribution >= 0.6 is 0 Å². The van der Waals surface area contributed by atoms with Crippen molar-refractivity contribution in [3.8, 4) is 5.75 Å². The van der Waals surface area contributed by atoms with Crippen LogP contribution in [0.5, 0.6) is 5.75 Å². The maximum Gasteiger partial charge on any atom is 0.118 e. The highest BCUT2D eigenvalue weighted by molar-refractivity contribution is 5.29. The van der Waals surface area contributed by atoms with E-state index in [4.69, 9.17) is 4.74 Å². The fourth-order valence-corrected chi connectivity index (χ4v) is 2.53.